The number of hydrogen-bond donors (Lipinski definition) is 2. The highest BCUT2D eigenvalue weighted by atomic mass is 35.5. The summed E-state index contributed by atoms with van der Waals surface area (Å²) < 4.78 is 0. The molecule has 0 saturated carbocycles. The van der Waals surface area contributed by atoms with E-state index in [0.29, 0.717) is 23.0 Å². The highest BCUT2D eigenvalue weighted by Gasteiger charge is 2.35. The Morgan fingerprint density at radius 2 is 2.16 bits per heavy atom. The van der Waals surface area contributed by atoms with Gasteiger partial charge in [0.1, 0.15) is 0 Å². The van der Waals surface area contributed by atoms with Crippen LogP contribution in [0.25, 0.3) is 0 Å². The molecule has 104 valence electrons. The summed E-state index contributed by atoms with van der Waals surface area (Å²) >= 11 is 12.1. The number of benzene rings is 1. The van der Waals surface area contributed by atoms with E-state index in [1.165, 1.54) is 0 Å². The molecule has 2 atom stereocenters. The van der Waals surface area contributed by atoms with Gasteiger partial charge in [0.2, 0.25) is 0 Å². The zero-order valence-corrected chi connectivity index (χ0v) is 11.9. The fourth-order valence-electron chi connectivity index (χ4n) is 2.57. The van der Waals surface area contributed by atoms with Crippen LogP contribution < -0.4 is 0 Å². The van der Waals surface area contributed by atoms with Gasteiger partial charge in [-0.15, -0.1) is 0 Å². The summed E-state index contributed by atoms with van der Waals surface area (Å²) in [5, 5.41) is 20.0. The molecule has 2 rings (SSSR count). The average Bonchev–Trinajstić information content (AvgIpc) is 2.63. The molecule has 1 aliphatic rings. The van der Waals surface area contributed by atoms with E-state index in [1.54, 1.807) is 19.2 Å². The fourth-order valence-corrected chi connectivity index (χ4v) is 3.16. The Hall–Kier alpha value is -0.810. The summed E-state index contributed by atoms with van der Waals surface area (Å²) in [6, 6.07) is 3.19. The lowest BCUT2D eigenvalue weighted by molar-refractivity contribution is -0.137. The molecular weight excluding hydrogens is 289 g/mol. The van der Waals surface area contributed by atoms with Crippen LogP contribution in [0.15, 0.2) is 12.1 Å². The fraction of sp³-hybridized carbons (Fsp3) is 0.462. The number of rotatable bonds is 4. The summed E-state index contributed by atoms with van der Waals surface area (Å²) in [5.41, 5.74) is 1.78. The molecule has 0 aromatic heterocycles. The predicted molar refractivity (Wildman–Crippen MR) is 73.8 cm³/mol. The Bertz CT molecular complexity index is 507. The first-order valence-corrected chi connectivity index (χ1v) is 6.73. The second-order valence-electron chi connectivity index (χ2n) is 4.80. The van der Waals surface area contributed by atoms with Gasteiger partial charge in [-0.2, -0.15) is 0 Å². The van der Waals surface area contributed by atoms with Crippen LogP contribution >= 0.6 is 23.2 Å². The summed E-state index contributed by atoms with van der Waals surface area (Å²) in [4.78, 5) is 12.5. The molecule has 0 fully saturated rings. The van der Waals surface area contributed by atoms with Gasteiger partial charge in [0.15, 0.2) is 0 Å². The topological polar surface area (TPSA) is 60.8 Å². The minimum absolute atomic E-state index is 0.0311. The number of likely N-dealkylation sites (N-methyl/N-ethyl adjacent to an activating group) is 1. The molecule has 4 nitrogen and oxygen atoms in total. The molecule has 0 radical (unpaired) electrons. The summed E-state index contributed by atoms with van der Waals surface area (Å²) in [7, 11) is 1.79. The highest BCUT2D eigenvalue weighted by Crippen LogP contribution is 2.40. The van der Waals surface area contributed by atoms with Gasteiger partial charge in [-0.3, -0.25) is 9.69 Å². The van der Waals surface area contributed by atoms with Crippen molar-refractivity contribution in [3.05, 3.63) is 33.3 Å². The van der Waals surface area contributed by atoms with Crippen molar-refractivity contribution in [2.75, 3.05) is 13.6 Å². The number of aliphatic carboxylic acids is 1. The van der Waals surface area contributed by atoms with E-state index in [-0.39, 0.29) is 12.5 Å². The van der Waals surface area contributed by atoms with Gasteiger partial charge in [-0.1, -0.05) is 23.2 Å². The maximum absolute atomic E-state index is 10.6. The van der Waals surface area contributed by atoms with Crippen LogP contribution in [0.2, 0.25) is 10.0 Å². The quantitative estimate of drug-likeness (QED) is 0.896. The molecule has 0 spiro atoms. The SMILES string of the molecule is CN(CCC(=O)O)[C@H]1c2cc(Cl)cc(Cl)c2C[C@H]1O. The number of hydrogen-bond acceptors (Lipinski definition) is 3. The lowest BCUT2D eigenvalue weighted by Crippen LogP contribution is -2.32. The third-order valence-electron chi connectivity index (χ3n) is 3.44. The molecule has 0 unspecified atom stereocenters. The van der Waals surface area contributed by atoms with Crippen molar-refractivity contribution in [1.82, 2.24) is 4.90 Å². The summed E-state index contributed by atoms with van der Waals surface area (Å²) in [5.74, 6) is -0.858. The van der Waals surface area contributed by atoms with Gasteiger partial charge in [0.25, 0.3) is 0 Å². The van der Waals surface area contributed by atoms with Crippen LogP contribution in [0.3, 0.4) is 0 Å². The van der Waals surface area contributed by atoms with Gasteiger partial charge >= 0.3 is 5.97 Å². The molecule has 0 amide bonds. The number of carboxylic acid groups (broad SMARTS) is 1. The van der Waals surface area contributed by atoms with Crippen molar-refractivity contribution in [2.45, 2.75) is 25.0 Å². The first-order valence-electron chi connectivity index (χ1n) is 5.98. The van der Waals surface area contributed by atoms with Crippen molar-refractivity contribution < 1.29 is 15.0 Å². The monoisotopic (exact) mass is 303 g/mol. The zero-order chi connectivity index (χ0) is 14.2. The highest BCUT2D eigenvalue weighted by molar-refractivity contribution is 6.35. The van der Waals surface area contributed by atoms with E-state index in [9.17, 15) is 9.90 Å². The molecule has 1 aromatic carbocycles. The first-order chi connectivity index (χ1) is 8.90. The van der Waals surface area contributed by atoms with Gasteiger partial charge in [-0.05, 0) is 30.3 Å². The standard InChI is InChI=1S/C13H15Cl2NO3/c1-16(3-2-12(18)19)13-9-4-7(14)5-10(15)8(9)6-11(13)17/h4-5,11,13,17H,2-3,6H2,1H3,(H,18,19)/t11-,13+/m1/s1. The normalized spacial score (nSPS) is 21.7. The maximum Gasteiger partial charge on any atom is 0.304 e. The number of halogens is 2. The van der Waals surface area contributed by atoms with Crippen molar-refractivity contribution in [3.8, 4) is 0 Å². The third-order valence-corrected chi connectivity index (χ3v) is 4.00. The van der Waals surface area contributed by atoms with Gasteiger partial charge in [-0.25, -0.2) is 0 Å². The zero-order valence-electron chi connectivity index (χ0n) is 10.4. The van der Waals surface area contributed by atoms with Crippen molar-refractivity contribution in [3.63, 3.8) is 0 Å². The molecule has 2 N–H and O–H groups in total. The maximum atomic E-state index is 10.6. The van der Waals surface area contributed by atoms with Gasteiger partial charge < -0.3 is 10.2 Å². The Kier molecular flexibility index (Phi) is 4.36. The average molecular weight is 304 g/mol. The molecule has 0 saturated heterocycles. The smallest absolute Gasteiger partial charge is 0.304 e. The van der Waals surface area contributed by atoms with Crippen LogP contribution in [0, 0.1) is 0 Å². The van der Waals surface area contributed by atoms with E-state index in [1.807, 2.05) is 4.90 Å². The second-order valence-corrected chi connectivity index (χ2v) is 5.64. The Balaban J connectivity index is 2.26. The number of carboxylic acids is 1. The second kappa shape index (κ2) is 5.67. The molecule has 0 aliphatic heterocycles. The van der Waals surface area contributed by atoms with E-state index < -0.39 is 12.1 Å². The van der Waals surface area contributed by atoms with E-state index >= 15 is 0 Å². The minimum atomic E-state index is -0.858. The van der Waals surface area contributed by atoms with E-state index in [2.05, 4.69) is 0 Å². The molecule has 1 aliphatic carbocycles. The molecule has 0 heterocycles. The molecule has 19 heavy (non-hydrogen) atoms. The van der Waals surface area contributed by atoms with Gasteiger partial charge in [0, 0.05) is 23.0 Å². The predicted octanol–water partition coefficient (Wildman–Crippen LogP) is 2.36. The lowest BCUT2D eigenvalue weighted by Gasteiger charge is -2.27. The van der Waals surface area contributed by atoms with Crippen LogP contribution in [-0.4, -0.2) is 40.8 Å². The molecule has 0 bridgehead atoms. The number of nitrogens with zero attached hydrogens (tertiary/aromatic N) is 1. The largest absolute Gasteiger partial charge is 0.481 e. The number of fused-ring (bicyclic) bond motifs is 1. The van der Waals surface area contributed by atoms with Crippen LogP contribution in [0.1, 0.15) is 23.6 Å². The number of aliphatic hydroxyl groups excluding tert-OH is 1. The van der Waals surface area contributed by atoms with Crippen molar-refractivity contribution >= 4 is 29.2 Å². The third kappa shape index (κ3) is 3.03. The van der Waals surface area contributed by atoms with Crippen LogP contribution in [-0.2, 0) is 11.2 Å². The summed E-state index contributed by atoms with van der Waals surface area (Å²) in [6.07, 6.45) is -0.0960. The van der Waals surface area contributed by atoms with Crippen LogP contribution in [0.5, 0.6) is 0 Å². The van der Waals surface area contributed by atoms with E-state index in [0.717, 1.165) is 11.1 Å². The molecule has 6 heteroatoms. The number of carbonyl (C=O) groups is 1. The Morgan fingerprint density at radius 3 is 2.79 bits per heavy atom. The van der Waals surface area contributed by atoms with Gasteiger partial charge in [0.05, 0.1) is 18.6 Å². The molecular formula is C13H15Cl2NO3. The first kappa shape index (κ1) is 14.6. The Labute approximate surface area is 121 Å². The minimum Gasteiger partial charge on any atom is -0.481 e. The van der Waals surface area contributed by atoms with E-state index in [4.69, 9.17) is 28.3 Å². The van der Waals surface area contributed by atoms with Crippen LogP contribution in [0.4, 0.5) is 0 Å². The van der Waals surface area contributed by atoms with Crippen molar-refractivity contribution in [1.29, 1.82) is 0 Å². The van der Waals surface area contributed by atoms with Crippen molar-refractivity contribution in [2.24, 2.45) is 0 Å². The lowest BCUT2D eigenvalue weighted by atomic mass is 10.1. The number of aliphatic hydroxyl groups is 1. The molecule has 1 aromatic rings. The Morgan fingerprint density at radius 1 is 1.47 bits per heavy atom. The summed E-state index contributed by atoms with van der Waals surface area (Å²) in [6.45, 7) is 0.362.